The van der Waals surface area contributed by atoms with Crippen molar-refractivity contribution in [3.63, 3.8) is 0 Å². The summed E-state index contributed by atoms with van der Waals surface area (Å²) in [6, 6.07) is 9.33. The molecule has 1 atom stereocenters. The Morgan fingerprint density at radius 3 is 3.05 bits per heavy atom. The number of carbonyl (C=O) groups excluding carboxylic acids is 1. The molecule has 5 nitrogen and oxygen atoms in total. The highest BCUT2D eigenvalue weighted by Gasteiger charge is 2.23. The number of nitrogens with one attached hydrogen (secondary N) is 1. The molecule has 2 rings (SSSR count). The second kappa shape index (κ2) is 6.10. The second-order valence-corrected chi connectivity index (χ2v) is 4.54. The molecular formula is C14H17N3O2. The Bertz CT molecular complexity index is 496. The number of piperidine rings is 1. The van der Waals surface area contributed by atoms with Gasteiger partial charge in [-0.05, 0) is 25.0 Å². The van der Waals surface area contributed by atoms with Crippen LogP contribution in [0, 0.1) is 17.2 Å². The van der Waals surface area contributed by atoms with Crippen LogP contribution in [0.15, 0.2) is 24.3 Å². The van der Waals surface area contributed by atoms with E-state index in [-0.39, 0.29) is 11.9 Å². The first-order valence-corrected chi connectivity index (χ1v) is 6.33. The summed E-state index contributed by atoms with van der Waals surface area (Å²) in [6.07, 6.45) is 1.74. The maximum Gasteiger partial charge on any atom is 0.321 e. The van der Waals surface area contributed by atoms with Crippen molar-refractivity contribution in [1.29, 1.82) is 5.26 Å². The monoisotopic (exact) mass is 259 g/mol. The maximum atomic E-state index is 12.1. The van der Waals surface area contributed by atoms with Gasteiger partial charge in [-0.15, -0.1) is 0 Å². The van der Waals surface area contributed by atoms with Gasteiger partial charge in [0.2, 0.25) is 0 Å². The van der Waals surface area contributed by atoms with Crippen molar-refractivity contribution in [2.75, 3.05) is 25.5 Å². The van der Waals surface area contributed by atoms with Gasteiger partial charge in [-0.2, -0.15) is 5.26 Å². The van der Waals surface area contributed by atoms with Gasteiger partial charge in [0, 0.05) is 13.1 Å². The minimum Gasteiger partial charge on any atom is -0.495 e. The summed E-state index contributed by atoms with van der Waals surface area (Å²) in [7, 11) is 1.57. The Balaban J connectivity index is 2.03. The molecule has 2 amide bonds. The summed E-state index contributed by atoms with van der Waals surface area (Å²) in [5.41, 5.74) is 0.647. The van der Waals surface area contributed by atoms with Crippen LogP contribution < -0.4 is 10.1 Å². The molecule has 1 aromatic carbocycles. The zero-order chi connectivity index (χ0) is 13.7. The summed E-state index contributed by atoms with van der Waals surface area (Å²) >= 11 is 0. The number of hydrogen-bond donors (Lipinski definition) is 1. The Kier molecular flexibility index (Phi) is 4.24. The highest BCUT2D eigenvalue weighted by atomic mass is 16.5. The molecule has 0 aromatic heterocycles. The smallest absolute Gasteiger partial charge is 0.321 e. The lowest BCUT2D eigenvalue weighted by atomic mass is 10.0. The Morgan fingerprint density at radius 2 is 2.32 bits per heavy atom. The van der Waals surface area contributed by atoms with E-state index in [4.69, 9.17) is 10.00 Å². The van der Waals surface area contributed by atoms with Gasteiger partial charge in [0.05, 0.1) is 24.8 Å². The van der Waals surface area contributed by atoms with Crippen LogP contribution in [0.25, 0.3) is 0 Å². The molecule has 5 heteroatoms. The second-order valence-electron chi connectivity index (χ2n) is 4.54. The van der Waals surface area contributed by atoms with Crippen LogP contribution in [0.1, 0.15) is 12.8 Å². The van der Waals surface area contributed by atoms with E-state index in [1.807, 2.05) is 12.1 Å². The predicted octanol–water partition coefficient (Wildman–Crippen LogP) is 2.46. The van der Waals surface area contributed by atoms with E-state index in [9.17, 15) is 4.79 Å². The van der Waals surface area contributed by atoms with Crippen LogP contribution in [0.5, 0.6) is 5.75 Å². The first-order valence-electron chi connectivity index (χ1n) is 6.33. The zero-order valence-electron chi connectivity index (χ0n) is 10.9. The first-order chi connectivity index (χ1) is 9.24. The molecule has 1 aliphatic heterocycles. The molecule has 0 spiro atoms. The van der Waals surface area contributed by atoms with Gasteiger partial charge >= 0.3 is 6.03 Å². The molecule has 100 valence electrons. The lowest BCUT2D eigenvalue weighted by molar-refractivity contribution is 0.189. The SMILES string of the molecule is COc1ccccc1NC(=O)N1CCCC(C#N)C1. The Labute approximate surface area is 112 Å². The van der Waals surface area contributed by atoms with Crippen LogP contribution in [0.3, 0.4) is 0 Å². The van der Waals surface area contributed by atoms with E-state index >= 15 is 0 Å². The number of ether oxygens (including phenoxy) is 1. The molecule has 1 aliphatic rings. The molecule has 0 aliphatic carbocycles. The third-order valence-corrected chi connectivity index (χ3v) is 3.24. The molecule has 0 radical (unpaired) electrons. The summed E-state index contributed by atoms with van der Waals surface area (Å²) < 4.78 is 5.19. The molecule has 1 N–H and O–H groups in total. The fourth-order valence-corrected chi connectivity index (χ4v) is 2.21. The van der Waals surface area contributed by atoms with Crippen LogP contribution >= 0.6 is 0 Å². The fraction of sp³-hybridized carbons (Fsp3) is 0.429. The van der Waals surface area contributed by atoms with Crippen molar-refractivity contribution in [2.24, 2.45) is 5.92 Å². The van der Waals surface area contributed by atoms with Gasteiger partial charge in [-0.25, -0.2) is 4.79 Å². The van der Waals surface area contributed by atoms with Gasteiger partial charge in [-0.3, -0.25) is 0 Å². The standard InChI is InChI=1S/C14H17N3O2/c1-19-13-7-3-2-6-12(13)16-14(18)17-8-4-5-11(9-15)10-17/h2-3,6-7,11H,4-5,8,10H2,1H3,(H,16,18). The van der Waals surface area contributed by atoms with Crippen LogP contribution in [0.2, 0.25) is 0 Å². The lowest BCUT2D eigenvalue weighted by Crippen LogP contribution is -2.42. The van der Waals surface area contributed by atoms with E-state index in [2.05, 4.69) is 11.4 Å². The molecule has 0 saturated carbocycles. The van der Waals surface area contributed by atoms with Gasteiger partial charge in [0.25, 0.3) is 0 Å². The number of amides is 2. The Morgan fingerprint density at radius 1 is 1.53 bits per heavy atom. The van der Waals surface area contributed by atoms with Crippen molar-refractivity contribution in [2.45, 2.75) is 12.8 Å². The summed E-state index contributed by atoms with van der Waals surface area (Å²) in [5, 5.41) is 11.8. The number of nitriles is 1. The third kappa shape index (κ3) is 3.16. The molecule has 1 fully saturated rings. The number of carbonyl (C=O) groups is 1. The summed E-state index contributed by atoms with van der Waals surface area (Å²) in [6.45, 7) is 1.19. The average molecular weight is 259 g/mol. The number of nitrogens with zero attached hydrogens (tertiary/aromatic N) is 2. The van der Waals surface area contributed by atoms with Gasteiger partial charge in [0.1, 0.15) is 5.75 Å². The number of rotatable bonds is 2. The summed E-state index contributed by atoms with van der Waals surface area (Å²) in [5.74, 6) is 0.571. The van der Waals surface area contributed by atoms with Crippen LogP contribution in [-0.2, 0) is 0 Å². The van der Waals surface area contributed by atoms with Crippen molar-refractivity contribution < 1.29 is 9.53 Å². The van der Waals surface area contributed by atoms with Crippen molar-refractivity contribution in [1.82, 2.24) is 4.90 Å². The number of benzene rings is 1. The molecule has 1 aromatic rings. The number of anilines is 1. The maximum absolute atomic E-state index is 12.1. The van der Waals surface area contributed by atoms with E-state index in [1.54, 1.807) is 24.1 Å². The van der Waals surface area contributed by atoms with E-state index in [0.29, 0.717) is 24.5 Å². The zero-order valence-corrected chi connectivity index (χ0v) is 10.9. The fourth-order valence-electron chi connectivity index (χ4n) is 2.21. The predicted molar refractivity (Wildman–Crippen MR) is 71.9 cm³/mol. The van der Waals surface area contributed by atoms with Crippen LogP contribution in [-0.4, -0.2) is 31.1 Å². The molecule has 19 heavy (non-hydrogen) atoms. The number of methoxy groups -OCH3 is 1. The lowest BCUT2D eigenvalue weighted by Gasteiger charge is -2.29. The third-order valence-electron chi connectivity index (χ3n) is 3.24. The Hall–Kier alpha value is -2.22. The number of para-hydroxylation sites is 2. The number of hydrogen-bond acceptors (Lipinski definition) is 3. The van der Waals surface area contributed by atoms with Crippen LogP contribution in [0.4, 0.5) is 10.5 Å². The molecule has 1 saturated heterocycles. The van der Waals surface area contributed by atoms with Crippen molar-refractivity contribution >= 4 is 11.7 Å². The quantitative estimate of drug-likeness (QED) is 0.887. The first kappa shape index (κ1) is 13.2. The summed E-state index contributed by atoms with van der Waals surface area (Å²) in [4.78, 5) is 13.8. The van der Waals surface area contributed by atoms with Gasteiger partial charge < -0.3 is 15.0 Å². The largest absolute Gasteiger partial charge is 0.495 e. The van der Waals surface area contributed by atoms with Crippen molar-refractivity contribution in [3.8, 4) is 11.8 Å². The topological polar surface area (TPSA) is 65.4 Å². The van der Waals surface area contributed by atoms with E-state index in [0.717, 1.165) is 12.8 Å². The van der Waals surface area contributed by atoms with E-state index < -0.39 is 0 Å². The minimum atomic E-state index is -0.176. The molecule has 1 unspecified atom stereocenters. The number of urea groups is 1. The highest BCUT2D eigenvalue weighted by Crippen LogP contribution is 2.24. The normalized spacial score (nSPS) is 18.5. The van der Waals surface area contributed by atoms with Gasteiger partial charge in [0.15, 0.2) is 0 Å². The molecular weight excluding hydrogens is 242 g/mol. The van der Waals surface area contributed by atoms with Gasteiger partial charge in [-0.1, -0.05) is 12.1 Å². The molecule has 0 bridgehead atoms. The van der Waals surface area contributed by atoms with E-state index in [1.165, 1.54) is 0 Å². The highest BCUT2D eigenvalue weighted by molar-refractivity contribution is 5.91. The minimum absolute atomic E-state index is 0.0582. The average Bonchev–Trinajstić information content (AvgIpc) is 2.47. The molecule has 1 heterocycles. The van der Waals surface area contributed by atoms with Crippen molar-refractivity contribution in [3.05, 3.63) is 24.3 Å². The number of likely N-dealkylation sites (tertiary alicyclic amines) is 1.